The molecule has 6 nitrogen and oxygen atoms in total. The zero-order valence-electron chi connectivity index (χ0n) is 14.6. The number of amides is 4. The highest BCUT2D eigenvalue weighted by Crippen LogP contribution is 2.21. The molecule has 2 N–H and O–H groups in total. The number of imide groups is 1. The lowest BCUT2D eigenvalue weighted by molar-refractivity contribution is -0.134. The molecule has 0 radical (unpaired) electrons. The van der Waals surface area contributed by atoms with Crippen molar-refractivity contribution in [1.29, 1.82) is 0 Å². The Kier molecular flexibility index (Phi) is 5.26. The Labute approximate surface area is 142 Å². The summed E-state index contributed by atoms with van der Waals surface area (Å²) < 4.78 is 0. The van der Waals surface area contributed by atoms with E-state index in [1.165, 1.54) is 0 Å². The van der Waals surface area contributed by atoms with E-state index >= 15 is 0 Å². The van der Waals surface area contributed by atoms with Crippen molar-refractivity contribution in [2.75, 3.05) is 6.54 Å². The van der Waals surface area contributed by atoms with Gasteiger partial charge in [0.25, 0.3) is 5.91 Å². The van der Waals surface area contributed by atoms with Gasteiger partial charge in [0.2, 0.25) is 5.91 Å². The smallest absolute Gasteiger partial charge is 0.325 e. The molecule has 1 fully saturated rings. The fourth-order valence-corrected chi connectivity index (χ4v) is 2.78. The summed E-state index contributed by atoms with van der Waals surface area (Å²) in [5.41, 5.74) is 0.0470. The number of hydrogen-bond acceptors (Lipinski definition) is 3. The van der Waals surface area contributed by atoms with E-state index in [1.54, 1.807) is 13.8 Å². The predicted octanol–water partition coefficient (Wildman–Crippen LogP) is 2.22. The fraction of sp³-hybridized carbons (Fsp3) is 0.500. The Morgan fingerprint density at radius 3 is 2.33 bits per heavy atom. The van der Waals surface area contributed by atoms with E-state index in [4.69, 9.17) is 0 Å². The third-order valence-electron chi connectivity index (χ3n) is 3.99. The molecule has 0 spiro atoms. The maximum absolute atomic E-state index is 12.4. The highest BCUT2D eigenvalue weighted by atomic mass is 16.2. The second kappa shape index (κ2) is 7.03. The normalized spacial score (nSPS) is 17.8. The summed E-state index contributed by atoms with van der Waals surface area (Å²) in [4.78, 5) is 37.4. The minimum atomic E-state index is -0.964. The van der Waals surface area contributed by atoms with Crippen molar-refractivity contribution in [3.63, 3.8) is 0 Å². The molecular formula is C18H25N3O3. The summed E-state index contributed by atoms with van der Waals surface area (Å²) >= 11 is 0. The Morgan fingerprint density at radius 2 is 1.83 bits per heavy atom. The average molecular weight is 331 g/mol. The minimum Gasteiger partial charge on any atom is -0.348 e. The molecule has 1 aliphatic rings. The highest BCUT2D eigenvalue weighted by molar-refractivity contribution is 6.08. The molecule has 0 bridgehead atoms. The van der Waals surface area contributed by atoms with Crippen LogP contribution in [0, 0.1) is 5.92 Å². The van der Waals surface area contributed by atoms with Crippen LogP contribution in [0.15, 0.2) is 30.3 Å². The maximum Gasteiger partial charge on any atom is 0.325 e. The van der Waals surface area contributed by atoms with Gasteiger partial charge in [-0.15, -0.1) is 0 Å². The van der Waals surface area contributed by atoms with Crippen molar-refractivity contribution in [3.05, 3.63) is 35.9 Å². The van der Waals surface area contributed by atoms with Gasteiger partial charge in [0, 0.05) is 0 Å². The van der Waals surface area contributed by atoms with Crippen LogP contribution in [0.4, 0.5) is 4.79 Å². The van der Waals surface area contributed by atoms with Crippen LogP contribution in [0.2, 0.25) is 0 Å². The fourth-order valence-electron chi connectivity index (χ4n) is 2.78. The number of nitrogens with one attached hydrogen (secondary N) is 2. The molecule has 1 heterocycles. The van der Waals surface area contributed by atoms with Gasteiger partial charge in [-0.2, -0.15) is 0 Å². The van der Waals surface area contributed by atoms with Crippen LogP contribution < -0.4 is 10.6 Å². The largest absolute Gasteiger partial charge is 0.348 e. The third-order valence-corrected chi connectivity index (χ3v) is 3.99. The molecule has 2 rings (SSSR count). The van der Waals surface area contributed by atoms with E-state index < -0.39 is 11.6 Å². The van der Waals surface area contributed by atoms with Gasteiger partial charge in [-0.1, -0.05) is 44.2 Å². The number of urea groups is 1. The summed E-state index contributed by atoms with van der Waals surface area (Å²) in [5, 5.41) is 5.52. The number of hydrogen-bond donors (Lipinski definition) is 2. The van der Waals surface area contributed by atoms with Crippen LogP contribution in [0.5, 0.6) is 0 Å². The number of benzene rings is 1. The number of carbonyl (C=O) groups excluding carboxylic acids is 3. The van der Waals surface area contributed by atoms with Gasteiger partial charge < -0.3 is 10.6 Å². The second-order valence-corrected chi connectivity index (χ2v) is 7.11. The first-order chi connectivity index (χ1) is 11.2. The van der Waals surface area contributed by atoms with Crippen LogP contribution in [-0.2, 0) is 9.59 Å². The monoisotopic (exact) mass is 331 g/mol. The zero-order valence-corrected chi connectivity index (χ0v) is 14.6. The SMILES string of the molecule is CC(C)C[C@@H](NC(=O)CN1C(=O)NC(C)(C)C1=O)c1ccccc1. The van der Waals surface area contributed by atoms with Crippen LogP contribution in [0.3, 0.4) is 0 Å². The van der Waals surface area contributed by atoms with E-state index in [1.807, 2.05) is 30.3 Å². The van der Waals surface area contributed by atoms with Gasteiger partial charge in [-0.25, -0.2) is 4.79 Å². The van der Waals surface area contributed by atoms with E-state index in [9.17, 15) is 14.4 Å². The molecule has 4 amide bonds. The minimum absolute atomic E-state index is 0.146. The van der Waals surface area contributed by atoms with Crippen LogP contribution in [0.25, 0.3) is 0 Å². The molecule has 1 saturated heterocycles. The third kappa shape index (κ3) is 4.13. The van der Waals surface area contributed by atoms with Crippen molar-refractivity contribution in [2.45, 2.75) is 45.7 Å². The Morgan fingerprint density at radius 1 is 1.21 bits per heavy atom. The van der Waals surface area contributed by atoms with Gasteiger partial charge in [-0.3, -0.25) is 14.5 Å². The maximum atomic E-state index is 12.4. The zero-order chi connectivity index (χ0) is 17.9. The molecule has 0 unspecified atom stereocenters. The van der Waals surface area contributed by atoms with Crippen molar-refractivity contribution >= 4 is 17.8 Å². The molecule has 1 atom stereocenters. The first kappa shape index (κ1) is 18.0. The van der Waals surface area contributed by atoms with Crippen LogP contribution >= 0.6 is 0 Å². The first-order valence-electron chi connectivity index (χ1n) is 8.19. The first-order valence-corrected chi connectivity index (χ1v) is 8.19. The average Bonchev–Trinajstić information content (AvgIpc) is 2.69. The number of carbonyl (C=O) groups is 3. The quantitative estimate of drug-likeness (QED) is 0.785. The predicted molar refractivity (Wildman–Crippen MR) is 91.1 cm³/mol. The molecule has 0 aromatic heterocycles. The second-order valence-electron chi connectivity index (χ2n) is 7.11. The number of rotatable bonds is 6. The van der Waals surface area contributed by atoms with Gasteiger partial charge >= 0.3 is 6.03 Å². The molecule has 6 heteroatoms. The Balaban J connectivity index is 2.06. The molecular weight excluding hydrogens is 306 g/mol. The van der Waals surface area contributed by atoms with Crippen molar-refractivity contribution in [3.8, 4) is 0 Å². The number of nitrogens with zero attached hydrogens (tertiary/aromatic N) is 1. The van der Waals surface area contributed by atoms with Gasteiger partial charge in [0.15, 0.2) is 0 Å². The summed E-state index contributed by atoms with van der Waals surface area (Å²) in [7, 11) is 0. The van der Waals surface area contributed by atoms with Gasteiger partial charge in [0.1, 0.15) is 12.1 Å². The van der Waals surface area contributed by atoms with Crippen LogP contribution in [-0.4, -0.2) is 34.8 Å². The summed E-state index contributed by atoms with van der Waals surface area (Å²) in [6.07, 6.45) is 0.779. The van der Waals surface area contributed by atoms with Gasteiger partial charge in [0.05, 0.1) is 6.04 Å². The Bertz CT molecular complexity index is 626. The van der Waals surface area contributed by atoms with E-state index in [0.717, 1.165) is 16.9 Å². The van der Waals surface area contributed by atoms with E-state index in [-0.39, 0.29) is 24.4 Å². The molecule has 1 aliphatic heterocycles. The molecule has 130 valence electrons. The highest BCUT2D eigenvalue weighted by Gasteiger charge is 2.44. The standard InChI is InChI=1S/C18H25N3O3/c1-12(2)10-14(13-8-6-5-7-9-13)19-15(22)11-21-16(23)18(3,4)20-17(21)24/h5-9,12,14H,10-11H2,1-4H3,(H,19,22)(H,20,24)/t14-/m1/s1. The van der Waals surface area contributed by atoms with Crippen LogP contribution in [0.1, 0.15) is 45.7 Å². The lowest BCUT2D eigenvalue weighted by atomic mass is 9.97. The summed E-state index contributed by atoms with van der Waals surface area (Å²) in [6, 6.07) is 9.03. The van der Waals surface area contributed by atoms with E-state index in [2.05, 4.69) is 24.5 Å². The molecule has 0 saturated carbocycles. The summed E-state index contributed by atoms with van der Waals surface area (Å²) in [5.74, 6) is -0.334. The summed E-state index contributed by atoms with van der Waals surface area (Å²) in [6.45, 7) is 7.15. The lowest BCUT2D eigenvalue weighted by Gasteiger charge is -2.22. The topological polar surface area (TPSA) is 78.5 Å². The lowest BCUT2D eigenvalue weighted by Crippen LogP contribution is -2.43. The van der Waals surface area contributed by atoms with Crippen molar-refractivity contribution in [1.82, 2.24) is 15.5 Å². The van der Waals surface area contributed by atoms with Gasteiger partial charge in [-0.05, 0) is 31.7 Å². The van der Waals surface area contributed by atoms with E-state index in [0.29, 0.717) is 5.92 Å². The molecule has 0 aliphatic carbocycles. The van der Waals surface area contributed by atoms with Crippen molar-refractivity contribution in [2.24, 2.45) is 5.92 Å². The molecule has 1 aromatic rings. The molecule has 24 heavy (non-hydrogen) atoms. The molecule has 1 aromatic carbocycles. The van der Waals surface area contributed by atoms with Crippen molar-refractivity contribution < 1.29 is 14.4 Å². The Hall–Kier alpha value is -2.37.